The van der Waals surface area contributed by atoms with E-state index in [1.165, 1.54) is 0 Å². The summed E-state index contributed by atoms with van der Waals surface area (Å²) in [7, 11) is 0. The maximum atomic E-state index is 13.3. The van der Waals surface area contributed by atoms with Crippen LogP contribution in [0.5, 0.6) is 0 Å². The Morgan fingerprint density at radius 3 is 1.98 bits per heavy atom. The van der Waals surface area contributed by atoms with E-state index in [4.69, 9.17) is 16.7 Å². The van der Waals surface area contributed by atoms with Gasteiger partial charge in [-0.2, -0.15) is 0 Å². The molecule has 0 atom stereocenters. The number of nitrogens with one attached hydrogen (secondary N) is 2. The van der Waals surface area contributed by atoms with E-state index in [9.17, 15) is 19.5 Å². The molecule has 0 bridgehead atoms. The van der Waals surface area contributed by atoms with Gasteiger partial charge in [0.1, 0.15) is 6.42 Å². The van der Waals surface area contributed by atoms with Crippen LogP contribution in [-0.4, -0.2) is 83.2 Å². The van der Waals surface area contributed by atoms with E-state index in [1.807, 2.05) is 60.7 Å². The Labute approximate surface area is 281 Å². The van der Waals surface area contributed by atoms with Crippen LogP contribution in [-0.2, 0) is 20.6 Å². The summed E-state index contributed by atoms with van der Waals surface area (Å²) in [6.07, 6.45) is 3.66. The third-order valence-corrected chi connectivity index (χ3v) is 10.1. The quantitative estimate of drug-likeness (QED) is 0.199. The molecule has 3 amide bonds. The van der Waals surface area contributed by atoms with Gasteiger partial charge in [-0.3, -0.25) is 9.59 Å². The van der Waals surface area contributed by atoms with Crippen LogP contribution in [0.4, 0.5) is 4.79 Å². The largest absolute Gasteiger partial charge is 0.481 e. The van der Waals surface area contributed by atoms with Crippen molar-refractivity contribution in [3.05, 3.63) is 107 Å². The summed E-state index contributed by atoms with van der Waals surface area (Å²) in [5.74, 6) is -1.52. The average Bonchev–Trinajstić information content (AvgIpc) is 3.08. The molecule has 0 aromatic heterocycles. The van der Waals surface area contributed by atoms with Crippen molar-refractivity contribution in [2.24, 2.45) is 0 Å². The number of urea groups is 1. The number of hydrogen-bond donors (Lipinski definition) is 4. The number of piperidine rings is 2. The lowest BCUT2D eigenvalue weighted by atomic mass is 9.71. The molecule has 2 aliphatic heterocycles. The van der Waals surface area contributed by atoms with Crippen LogP contribution in [0.3, 0.4) is 0 Å². The SMILES string of the molecule is O=C(O)CC(=O)N1CCC(NC(=O)NCC(CCCN2CCC(O)(c3ccc(Cl)cc3)CC2)(c2ccccc2)c2ccccc2)CC1. The summed E-state index contributed by atoms with van der Waals surface area (Å²) in [6.45, 7) is 3.71. The molecule has 5 rings (SSSR count). The smallest absolute Gasteiger partial charge is 0.315 e. The molecular formula is C37H45ClN4O5. The maximum Gasteiger partial charge on any atom is 0.315 e. The molecule has 3 aromatic rings. The minimum absolute atomic E-state index is 0.0997. The number of hydrogen-bond acceptors (Lipinski definition) is 5. The van der Waals surface area contributed by atoms with Crippen LogP contribution in [0.25, 0.3) is 0 Å². The second kappa shape index (κ2) is 15.8. The van der Waals surface area contributed by atoms with Crippen LogP contribution < -0.4 is 10.6 Å². The van der Waals surface area contributed by atoms with Crippen molar-refractivity contribution in [1.29, 1.82) is 0 Å². The van der Waals surface area contributed by atoms with Crippen molar-refractivity contribution < 1.29 is 24.6 Å². The van der Waals surface area contributed by atoms with Gasteiger partial charge in [0.15, 0.2) is 0 Å². The van der Waals surface area contributed by atoms with Crippen molar-refractivity contribution >= 4 is 29.5 Å². The molecule has 0 spiro atoms. The van der Waals surface area contributed by atoms with Crippen LogP contribution >= 0.6 is 11.6 Å². The number of halogens is 1. The van der Waals surface area contributed by atoms with Crippen molar-refractivity contribution in [2.45, 2.75) is 62.0 Å². The van der Waals surface area contributed by atoms with Crippen molar-refractivity contribution in [2.75, 3.05) is 39.3 Å². The molecule has 0 saturated carbocycles. The number of aliphatic carboxylic acids is 1. The Bertz CT molecular complexity index is 1430. The highest BCUT2D eigenvalue weighted by Gasteiger charge is 2.37. The first-order valence-corrected chi connectivity index (χ1v) is 16.9. The van der Waals surface area contributed by atoms with Crippen LogP contribution in [0, 0.1) is 0 Å². The van der Waals surface area contributed by atoms with Gasteiger partial charge in [0.2, 0.25) is 5.91 Å². The molecule has 0 aliphatic carbocycles. The van der Waals surface area contributed by atoms with E-state index >= 15 is 0 Å². The molecule has 2 heterocycles. The number of rotatable bonds is 12. The van der Waals surface area contributed by atoms with Gasteiger partial charge in [-0.25, -0.2) is 4.79 Å². The minimum atomic E-state index is -1.13. The van der Waals surface area contributed by atoms with E-state index in [1.54, 1.807) is 4.90 Å². The topological polar surface area (TPSA) is 122 Å². The summed E-state index contributed by atoms with van der Waals surface area (Å²) in [5.41, 5.74) is 1.86. The molecule has 47 heavy (non-hydrogen) atoms. The number of carbonyl (C=O) groups excluding carboxylic acids is 2. The van der Waals surface area contributed by atoms with Crippen LogP contribution in [0.2, 0.25) is 5.02 Å². The molecule has 2 fully saturated rings. The van der Waals surface area contributed by atoms with Crippen LogP contribution in [0.15, 0.2) is 84.9 Å². The number of aliphatic hydroxyl groups is 1. The lowest BCUT2D eigenvalue weighted by Gasteiger charge is -2.40. The molecule has 9 nitrogen and oxygen atoms in total. The minimum Gasteiger partial charge on any atom is -0.481 e. The zero-order valence-electron chi connectivity index (χ0n) is 26.7. The number of benzene rings is 3. The Balaban J connectivity index is 1.22. The lowest BCUT2D eigenvalue weighted by molar-refractivity contribution is -0.144. The van der Waals surface area contributed by atoms with E-state index in [-0.39, 0.29) is 12.1 Å². The lowest BCUT2D eigenvalue weighted by Crippen LogP contribution is -2.51. The third kappa shape index (κ3) is 8.91. The first-order chi connectivity index (χ1) is 22.7. The number of nitrogens with zero attached hydrogens (tertiary/aromatic N) is 2. The van der Waals surface area contributed by atoms with Gasteiger partial charge in [-0.05, 0) is 73.9 Å². The first-order valence-electron chi connectivity index (χ1n) is 16.5. The van der Waals surface area contributed by atoms with E-state index in [0.29, 0.717) is 50.3 Å². The Morgan fingerprint density at radius 2 is 1.43 bits per heavy atom. The number of likely N-dealkylation sites (tertiary alicyclic amines) is 2. The monoisotopic (exact) mass is 660 g/mol. The van der Waals surface area contributed by atoms with Gasteiger partial charge in [0, 0.05) is 49.2 Å². The Morgan fingerprint density at radius 1 is 0.851 bits per heavy atom. The van der Waals surface area contributed by atoms with E-state index in [2.05, 4.69) is 39.8 Å². The zero-order chi connectivity index (χ0) is 33.3. The van der Waals surface area contributed by atoms with Gasteiger partial charge in [0.25, 0.3) is 0 Å². The predicted octanol–water partition coefficient (Wildman–Crippen LogP) is 5.15. The summed E-state index contributed by atoms with van der Waals surface area (Å²) in [4.78, 5) is 40.3. The molecule has 0 unspecified atom stereocenters. The molecule has 10 heteroatoms. The van der Waals surface area contributed by atoms with Crippen molar-refractivity contribution in [3.63, 3.8) is 0 Å². The molecule has 4 N–H and O–H groups in total. The second-order valence-corrected chi connectivity index (χ2v) is 13.3. The van der Waals surface area contributed by atoms with Crippen molar-refractivity contribution in [3.8, 4) is 0 Å². The van der Waals surface area contributed by atoms with Gasteiger partial charge in [-0.15, -0.1) is 0 Å². The second-order valence-electron chi connectivity index (χ2n) is 12.9. The van der Waals surface area contributed by atoms with E-state index < -0.39 is 29.3 Å². The van der Waals surface area contributed by atoms with Gasteiger partial charge in [-0.1, -0.05) is 84.4 Å². The number of carboxylic acids is 1. The van der Waals surface area contributed by atoms with Crippen molar-refractivity contribution in [1.82, 2.24) is 20.4 Å². The maximum absolute atomic E-state index is 13.3. The summed E-state index contributed by atoms with van der Waals surface area (Å²) in [6, 6.07) is 27.8. The Kier molecular flexibility index (Phi) is 11.6. The number of carbonyl (C=O) groups is 3. The summed E-state index contributed by atoms with van der Waals surface area (Å²) >= 11 is 6.07. The molecular weight excluding hydrogens is 616 g/mol. The van der Waals surface area contributed by atoms with Crippen LogP contribution in [0.1, 0.15) is 61.6 Å². The summed E-state index contributed by atoms with van der Waals surface area (Å²) in [5, 5.41) is 27.2. The highest BCUT2D eigenvalue weighted by Crippen LogP contribution is 2.38. The van der Waals surface area contributed by atoms with E-state index in [0.717, 1.165) is 49.2 Å². The normalized spacial score (nSPS) is 17.2. The first kappa shape index (κ1) is 34.4. The fraction of sp³-hybridized carbons (Fsp3) is 0.432. The highest BCUT2D eigenvalue weighted by atomic mass is 35.5. The molecule has 2 saturated heterocycles. The standard InChI is InChI=1S/C37H45ClN4O5/c38-31-14-12-30(13-15-31)37(47)19-24-41(25-20-37)21-7-18-36(28-8-3-1-4-9-28,29-10-5-2-6-11-29)27-39-35(46)40-32-16-22-42(23-17-32)33(43)26-34(44)45/h1-6,8-15,32,47H,7,16-27H2,(H,44,45)(H2,39,40,46). The molecule has 3 aromatic carbocycles. The third-order valence-electron chi connectivity index (χ3n) is 9.83. The highest BCUT2D eigenvalue weighted by molar-refractivity contribution is 6.30. The molecule has 2 aliphatic rings. The van der Waals surface area contributed by atoms with Gasteiger partial charge < -0.3 is 30.6 Å². The predicted molar refractivity (Wildman–Crippen MR) is 182 cm³/mol. The Hall–Kier alpha value is -3.92. The molecule has 0 radical (unpaired) electrons. The fourth-order valence-corrected chi connectivity index (χ4v) is 7.17. The number of amides is 3. The number of carboxylic acid groups (broad SMARTS) is 1. The average molecular weight is 661 g/mol. The fourth-order valence-electron chi connectivity index (χ4n) is 7.04. The van der Waals surface area contributed by atoms with Gasteiger partial charge in [0.05, 0.1) is 5.60 Å². The molecule has 250 valence electrons. The zero-order valence-corrected chi connectivity index (χ0v) is 27.5. The summed E-state index contributed by atoms with van der Waals surface area (Å²) < 4.78 is 0. The van der Waals surface area contributed by atoms with Gasteiger partial charge >= 0.3 is 12.0 Å².